The van der Waals surface area contributed by atoms with Crippen molar-refractivity contribution in [2.45, 2.75) is 45.0 Å². The summed E-state index contributed by atoms with van der Waals surface area (Å²) in [6.07, 6.45) is 0.537. The molecule has 0 heterocycles. The summed E-state index contributed by atoms with van der Waals surface area (Å²) in [5.41, 5.74) is -1.26. The number of hydrogen-bond donors (Lipinski definition) is 2. The topological polar surface area (TPSA) is 136 Å². The quantitative estimate of drug-likeness (QED) is 0.271. The van der Waals surface area contributed by atoms with E-state index in [1.165, 1.54) is 0 Å². The number of carbonyl (C=O) groups excluding carboxylic acids is 2. The minimum absolute atomic E-state index is 0.00436. The maximum Gasteiger partial charge on any atom is 0.381 e. The van der Waals surface area contributed by atoms with E-state index in [1.54, 1.807) is 0 Å². The van der Waals surface area contributed by atoms with Gasteiger partial charge < -0.3 is 19.8 Å². The Bertz CT molecular complexity index is 893. The number of phenols is 2. The molecule has 1 aromatic carbocycles. The number of rotatable bonds is 8. The van der Waals surface area contributed by atoms with Gasteiger partial charge in [0.05, 0.1) is 13.2 Å². The third-order valence-electron chi connectivity index (χ3n) is 6.48. The number of halogens is 2. The molecule has 3 fully saturated rings. The fraction of sp³-hybridized carbons (Fsp3) is 0.600. The van der Waals surface area contributed by atoms with Crippen LogP contribution in [0.3, 0.4) is 0 Å². The van der Waals surface area contributed by atoms with Gasteiger partial charge >= 0.3 is 11.9 Å². The fourth-order valence-corrected chi connectivity index (χ4v) is 4.75. The highest BCUT2D eigenvalue weighted by Crippen LogP contribution is 2.64. The number of phenolic OH excluding ortho intramolecular Hbond substituents is 2. The predicted octanol–water partition coefficient (Wildman–Crippen LogP) is 3.05. The number of ether oxygens (including phenoxy) is 1. The summed E-state index contributed by atoms with van der Waals surface area (Å²) in [6, 6.07) is 1.38. The van der Waals surface area contributed by atoms with Crippen molar-refractivity contribution in [3.8, 4) is 11.5 Å². The summed E-state index contributed by atoms with van der Waals surface area (Å²) < 4.78 is 33.4. The molecule has 0 radical (unpaired) electrons. The lowest BCUT2D eigenvalue weighted by atomic mass is 9.44. The minimum atomic E-state index is -4.18. The van der Waals surface area contributed by atoms with Crippen molar-refractivity contribution < 1.29 is 43.2 Å². The average Bonchev–Trinajstić information content (AvgIpc) is 2.65. The number of hydrogen-bond acceptors (Lipinski definition) is 8. The smallest absolute Gasteiger partial charge is 0.381 e. The molecule has 9 nitrogen and oxygen atoms in total. The first-order valence-corrected chi connectivity index (χ1v) is 9.78. The van der Waals surface area contributed by atoms with Gasteiger partial charge in [-0.2, -0.15) is 8.78 Å². The molecule has 0 aromatic heterocycles. The fourth-order valence-electron chi connectivity index (χ4n) is 4.75. The summed E-state index contributed by atoms with van der Waals surface area (Å²) in [5, 5.41) is 29.8. The molecule has 3 atom stereocenters. The van der Waals surface area contributed by atoms with E-state index in [4.69, 9.17) is 0 Å². The first-order valence-electron chi connectivity index (χ1n) is 9.78. The average molecular weight is 443 g/mol. The third-order valence-corrected chi connectivity index (χ3v) is 6.48. The number of nitrogens with zero attached hydrogens (tertiary/aromatic N) is 1. The molecular weight excluding hydrogens is 420 g/mol. The summed E-state index contributed by atoms with van der Waals surface area (Å²) >= 11 is 0. The van der Waals surface area contributed by atoms with Gasteiger partial charge in [0.2, 0.25) is 0 Å². The van der Waals surface area contributed by atoms with Crippen LogP contribution in [0.15, 0.2) is 12.1 Å². The van der Waals surface area contributed by atoms with Crippen molar-refractivity contribution in [1.29, 1.82) is 0 Å². The number of Topliss-reactive ketones (excluding diaryl/α,β-unsaturated/α-hetero) is 1. The van der Waals surface area contributed by atoms with Crippen LogP contribution >= 0.6 is 0 Å². The van der Waals surface area contributed by atoms with E-state index >= 15 is 0 Å². The van der Waals surface area contributed by atoms with Crippen molar-refractivity contribution in [2.24, 2.45) is 17.3 Å². The molecule has 31 heavy (non-hydrogen) atoms. The van der Waals surface area contributed by atoms with Crippen molar-refractivity contribution in [2.75, 3.05) is 13.2 Å². The molecule has 4 rings (SSSR count). The van der Waals surface area contributed by atoms with Gasteiger partial charge in [-0.15, -0.1) is 10.1 Å². The van der Waals surface area contributed by atoms with Crippen LogP contribution in [-0.2, 0) is 25.1 Å². The van der Waals surface area contributed by atoms with E-state index in [2.05, 4.69) is 9.57 Å². The van der Waals surface area contributed by atoms with Crippen molar-refractivity contribution >= 4 is 11.8 Å². The van der Waals surface area contributed by atoms with Gasteiger partial charge in [-0.1, -0.05) is 13.8 Å². The molecule has 0 amide bonds. The standard InChI is InChI=1S/C20H23F2NO8/c1-19(2)12-9-13(19)14(24)8-11(12)17-15(25)6-10(7-16(17)26)20(21,22)18(27)30-4-3-5-31-23(28)29/h6-7,11-13,25-26H,3-5,8-9H2,1-2H3/t11-,12-,13+/m1/s1. The number of aromatic hydroxyl groups is 2. The number of alkyl halides is 2. The summed E-state index contributed by atoms with van der Waals surface area (Å²) in [7, 11) is 0. The van der Waals surface area contributed by atoms with Gasteiger partial charge in [-0.05, 0) is 29.9 Å². The largest absolute Gasteiger partial charge is 0.508 e. The highest BCUT2D eigenvalue weighted by atomic mass is 19.3. The number of fused-ring (bicyclic) bond motifs is 2. The molecule has 3 saturated carbocycles. The van der Waals surface area contributed by atoms with E-state index < -0.39 is 53.2 Å². The zero-order chi connectivity index (χ0) is 23.1. The predicted molar refractivity (Wildman–Crippen MR) is 99.9 cm³/mol. The molecule has 0 unspecified atom stereocenters. The Labute approximate surface area is 176 Å². The van der Waals surface area contributed by atoms with Gasteiger partial charge in [-0.25, -0.2) is 4.79 Å². The SMILES string of the molecule is CC1(C)[C@@H]2C[C@H]1C(=O)C[C@H]2c1c(O)cc(C(F)(F)C(=O)OCCCO[N+](=O)[O-])cc1O. The van der Waals surface area contributed by atoms with Gasteiger partial charge in [-0.3, -0.25) is 4.79 Å². The van der Waals surface area contributed by atoms with Crippen molar-refractivity contribution in [1.82, 2.24) is 0 Å². The van der Waals surface area contributed by atoms with Crippen LogP contribution in [0.4, 0.5) is 8.78 Å². The van der Waals surface area contributed by atoms with Crippen LogP contribution in [0.2, 0.25) is 0 Å². The first kappa shape index (κ1) is 22.7. The van der Waals surface area contributed by atoms with Crippen LogP contribution in [0.5, 0.6) is 11.5 Å². The molecule has 3 aliphatic carbocycles. The number of ketones is 1. The van der Waals surface area contributed by atoms with Crippen LogP contribution in [0.1, 0.15) is 50.2 Å². The lowest BCUT2D eigenvalue weighted by Crippen LogP contribution is -2.56. The van der Waals surface area contributed by atoms with E-state index in [-0.39, 0.29) is 41.4 Å². The van der Waals surface area contributed by atoms with E-state index in [1.807, 2.05) is 13.8 Å². The molecule has 2 bridgehead atoms. The number of benzene rings is 1. The summed E-state index contributed by atoms with van der Waals surface area (Å²) in [4.78, 5) is 38.2. The van der Waals surface area contributed by atoms with Crippen LogP contribution < -0.4 is 0 Å². The minimum Gasteiger partial charge on any atom is -0.508 e. The molecule has 2 N–H and O–H groups in total. The van der Waals surface area contributed by atoms with Crippen molar-refractivity contribution in [3.63, 3.8) is 0 Å². The maximum atomic E-state index is 14.5. The third kappa shape index (κ3) is 4.00. The highest BCUT2D eigenvalue weighted by molar-refractivity contribution is 5.86. The Morgan fingerprint density at radius 1 is 1.29 bits per heavy atom. The number of esters is 1. The second-order valence-electron chi connectivity index (χ2n) is 8.54. The first-order chi connectivity index (χ1) is 14.4. The van der Waals surface area contributed by atoms with Crippen LogP contribution in [0.25, 0.3) is 0 Å². The molecule has 0 aliphatic heterocycles. The Balaban J connectivity index is 1.76. The zero-order valence-corrected chi connectivity index (χ0v) is 17.0. The van der Waals surface area contributed by atoms with Gasteiger partial charge in [0.1, 0.15) is 17.3 Å². The van der Waals surface area contributed by atoms with Crippen molar-refractivity contribution in [3.05, 3.63) is 33.4 Å². The van der Waals surface area contributed by atoms with Gasteiger partial charge in [0.25, 0.3) is 5.09 Å². The maximum absolute atomic E-state index is 14.5. The molecular formula is C20H23F2NO8. The van der Waals surface area contributed by atoms with Crippen LogP contribution in [-0.4, -0.2) is 40.3 Å². The van der Waals surface area contributed by atoms with Gasteiger partial charge in [0, 0.05) is 35.8 Å². The molecule has 3 aliphatic rings. The Kier molecular flexibility index (Phi) is 5.81. The van der Waals surface area contributed by atoms with E-state index in [0.29, 0.717) is 18.6 Å². The molecule has 0 spiro atoms. The second-order valence-corrected chi connectivity index (χ2v) is 8.54. The Hall–Kier alpha value is -2.98. The lowest BCUT2D eigenvalue weighted by molar-refractivity contribution is -0.757. The molecule has 11 heteroatoms. The Morgan fingerprint density at radius 3 is 2.42 bits per heavy atom. The highest BCUT2D eigenvalue weighted by Gasteiger charge is 2.59. The number of carbonyl (C=O) groups is 2. The lowest BCUT2D eigenvalue weighted by Gasteiger charge is -2.59. The van der Waals surface area contributed by atoms with Gasteiger partial charge in [0.15, 0.2) is 0 Å². The molecule has 0 saturated heterocycles. The zero-order valence-electron chi connectivity index (χ0n) is 17.0. The second kappa shape index (κ2) is 7.93. The Morgan fingerprint density at radius 2 is 1.90 bits per heavy atom. The monoisotopic (exact) mass is 443 g/mol. The normalized spacial score (nSPS) is 24.3. The summed E-state index contributed by atoms with van der Waals surface area (Å²) in [5.74, 6) is -7.94. The van der Waals surface area contributed by atoms with Crippen LogP contribution in [0, 0.1) is 27.4 Å². The molecule has 1 aromatic rings. The van der Waals surface area contributed by atoms with E-state index in [9.17, 15) is 38.7 Å². The molecule has 170 valence electrons. The summed E-state index contributed by atoms with van der Waals surface area (Å²) in [6.45, 7) is 2.89. The van der Waals surface area contributed by atoms with E-state index in [0.717, 1.165) is 0 Å².